The standard InChI is InChI=1S/C22H37N3O3/c1-18(19-6-8-20(27-4)9-7-19)10-13-24-22(23-2)25-14-11-21(12-15-25)28-17-5-16-26-3/h6-9,18,21H,5,10-17H2,1-4H3,(H,23,24). The Balaban J connectivity index is 1.68. The van der Waals surface area contributed by atoms with Gasteiger partial charge in [-0.05, 0) is 49.3 Å². The van der Waals surface area contributed by atoms with Crippen LogP contribution in [-0.4, -0.2) is 71.1 Å². The van der Waals surface area contributed by atoms with Gasteiger partial charge in [0.25, 0.3) is 0 Å². The fourth-order valence-corrected chi connectivity index (χ4v) is 3.52. The predicted octanol–water partition coefficient (Wildman–Crippen LogP) is 3.28. The quantitative estimate of drug-likeness (QED) is 0.377. The van der Waals surface area contributed by atoms with Crippen LogP contribution in [0.15, 0.2) is 29.3 Å². The van der Waals surface area contributed by atoms with Crippen LogP contribution < -0.4 is 10.1 Å². The third-order valence-electron chi connectivity index (χ3n) is 5.34. The van der Waals surface area contributed by atoms with E-state index in [2.05, 4.69) is 34.3 Å². The number of benzene rings is 1. The van der Waals surface area contributed by atoms with Gasteiger partial charge in [0.2, 0.25) is 0 Å². The number of ether oxygens (including phenoxy) is 3. The minimum atomic E-state index is 0.362. The Morgan fingerprint density at radius 1 is 1.18 bits per heavy atom. The molecule has 0 saturated carbocycles. The molecule has 0 amide bonds. The van der Waals surface area contributed by atoms with E-state index >= 15 is 0 Å². The maximum absolute atomic E-state index is 5.95. The first-order valence-electron chi connectivity index (χ1n) is 10.4. The molecule has 0 aromatic heterocycles. The zero-order valence-corrected chi connectivity index (χ0v) is 17.9. The van der Waals surface area contributed by atoms with Crippen molar-refractivity contribution in [2.75, 3.05) is 54.1 Å². The predicted molar refractivity (Wildman–Crippen MR) is 114 cm³/mol. The molecule has 1 heterocycles. The molecular weight excluding hydrogens is 354 g/mol. The minimum absolute atomic E-state index is 0.362. The lowest BCUT2D eigenvalue weighted by Crippen LogP contribution is -2.47. The van der Waals surface area contributed by atoms with E-state index in [0.29, 0.717) is 12.0 Å². The van der Waals surface area contributed by atoms with E-state index in [1.165, 1.54) is 5.56 Å². The summed E-state index contributed by atoms with van der Waals surface area (Å²) in [6.07, 6.45) is 4.49. The van der Waals surface area contributed by atoms with Gasteiger partial charge >= 0.3 is 0 Å². The van der Waals surface area contributed by atoms with E-state index in [-0.39, 0.29) is 0 Å². The summed E-state index contributed by atoms with van der Waals surface area (Å²) < 4.78 is 16.3. The van der Waals surface area contributed by atoms with E-state index in [1.807, 2.05) is 19.2 Å². The summed E-state index contributed by atoms with van der Waals surface area (Å²) >= 11 is 0. The van der Waals surface area contributed by atoms with Gasteiger partial charge in [0.05, 0.1) is 13.2 Å². The molecule has 0 bridgehead atoms. The van der Waals surface area contributed by atoms with Crippen molar-refractivity contribution in [3.8, 4) is 5.75 Å². The first kappa shape index (κ1) is 22.5. The highest BCUT2D eigenvalue weighted by atomic mass is 16.5. The van der Waals surface area contributed by atoms with Crippen LogP contribution in [0.1, 0.15) is 44.1 Å². The fraction of sp³-hybridized carbons (Fsp3) is 0.682. The topological polar surface area (TPSA) is 55.3 Å². The van der Waals surface area contributed by atoms with Crippen molar-refractivity contribution in [1.82, 2.24) is 10.2 Å². The Morgan fingerprint density at radius 3 is 2.50 bits per heavy atom. The third kappa shape index (κ3) is 7.32. The van der Waals surface area contributed by atoms with Crippen LogP contribution in [0.25, 0.3) is 0 Å². The molecule has 1 aliphatic rings. The Bertz CT molecular complexity index is 569. The molecule has 1 unspecified atom stereocenters. The van der Waals surface area contributed by atoms with Crippen molar-refractivity contribution in [1.29, 1.82) is 0 Å². The molecule has 1 N–H and O–H groups in total. The van der Waals surface area contributed by atoms with Crippen molar-refractivity contribution in [3.63, 3.8) is 0 Å². The van der Waals surface area contributed by atoms with Gasteiger partial charge in [-0.15, -0.1) is 0 Å². The molecule has 1 saturated heterocycles. The molecule has 1 aliphatic heterocycles. The van der Waals surface area contributed by atoms with Crippen molar-refractivity contribution >= 4 is 5.96 Å². The second-order valence-electron chi connectivity index (χ2n) is 7.34. The minimum Gasteiger partial charge on any atom is -0.497 e. The molecule has 28 heavy (non-hydrogen) atoms. The van der Waals surface area contributed by atoms with E-state index in [9.17, 15) is 0 Å². The van der Waals surface area contributed by atoms with Crippen LogP contribution in [-0.2, 0) is 9.47 Å². The molecule has 2 rings (SSSR count). The Hall–Kier alpha value is -1.79. The summed E-state index contributed by atoms with van der Waals surface area (Å²) in [6.45, 7) is 6.70. The molecular formula is C22H37N3O3. The summed E-state index contributed by atoms with van der Waals surface area (Å²) in [6, 6.07) is 8.35. The average Bonchev–Trinajstić information content (AvgIpc) is 2.75. The SMILES string of the molecule is CN=C(NCCC(C)c1ccc(OC)cc1)N1CCC(OCCCOC)CC1. The summed E-state index contributed by atoms with van der Waals surface area (Å²) in [5.74, 6) is 2.39. The number of nitrogens with one attached hydrogen (secondary N) is 1. The number of piperidine rings is 1. The molecule has 158 valence electrons. The molecule has 6 heteroatoms. The third-order valence-corrected chi connectivity index (χ3v) is 5.34. The molecule has 0 aliphatic carbocycles. The summed E-state index contributed by atoms with van der Waals surface area (Å²) in [5.41, 5.74) is 1.34. The maximum atomic E-state index is 5.95. The zero-order chi connectivity index (χ0) is 20.2. The molecule has 1 aromatic carbocycles. The monoisotopic (exact) mass is 391 g/mol. The number of nitrogens with zero attached hydrogens (tertiary/aromatic N) is 2. The number of likely N-dealkylation sites (tertiary alicyclic amines) is 1. The Morgan fingerprint density at radius 2 is 1.89 bits per heavy atom. The van der Waals surface area contributed by atoms with Crippen LogP contribution in [0, 0.1) is 0 Å². The van der Waals surface area contributed by atoms with Crippen LogP contribution in [0.2, 0.25) is 0 Å². The molecule has 6 nitrogen and oxygen atoms in total. The highest BCUT2D eigenvalue weighted by Crippen LogP contribution is 2.21. The van der Waals surface area contributed by atoms with E-state index in [1.54, 1.807) is 14.2 Å². The maximum Gasteiger partial charge on any atom is 0.193 e. The molecule has 1 atom stereocenters. The summed E-state index contributed by atoms with van der Waals surface area (Å²) in [7, 11) is 5.29. The highest BCUT2D eigenvalue weighted by Gasteiger charge is 2.21. The molecule has 1 fully saturated rings. The Kier molecular flexibility index (Phi) is 10.1. The number of hydrogen-bond donors (Lipinski definition) is 1. The Labute approximate surface area is 170 Å². The number of hydrogen-bond acceptors (Lipinski definition) is 4. The zero-order valence-electron chi connectivity index (χ0n) is 17.9. The van der Waals surface area contributed by atoms with Gasteiger partial charge in [-0.3, -0.25) is 4.99 Å². The van der Waals surface area contributed by atoms with Crippen LogP contribution in [0.4, 0.5) is 0 Å². The van der Waals surface area contributed by atoms with Crippen LogP contribution in [0.5, 0.6) is 5.75 Å². The first-order chi connectivity index (χ1) is 13.7. The number of aliphatic imine (C=N–C) groups is 1. The van der Waals surface area contributed by atoms with Crippen molar-refractivity contribution in [2.45, 2.75) is 44.6 Å². The van der Waals surface area contributed by atoms with E-state index in [4.69, 9.17) is 14.2 Å². The number of methoxy groups -OCH3 is 2. The first-order valence-corrected chi connectivity index (χ1v) is 10.4. The normalized spacial score (nSPS) is 16.9. The second kappa shape index (κ2) is 12.6. The van der Waals surface area contributed by atoms with E-state index in [0.717, 1.165) is 70.2 Å². The van der Waals surface area contributed by atoms with Gasteiger partial charge < -0.3 is 24.4 Å². The number of rotatable bonds is 10. The summed E-state index contributed by atoms with van der Waals surface area (Å²) in [5, 5.41) is 3.53. The van der Waals surface area contributed by atoms with Gasteiger partial charge in [0.15, 0.2) is 5.96 Å². The molecule has 0 spiro atoms. The van der Waals surface area contributed by atoms with Gasteiger partial charge in [-0.25, -0.2) is 0 Å². The lowest BCUT2D eigenvalue weighted by molar-refractivity contribution is 0.00991. The highest BCUT2D eigenvalue weighted by molar-refractivity contribution is 5.79. The second-order valence-corrected chi connectivity index (χ2v) is 7.34. The van der Waals surface area contributed by atoms with Crippen molar-refractivity contribution < 1.29 is 14.2 Å². The molecule has 1 aromatic rings. The van der Waals surface area contributed by atoms with Crippen molar-refractivity contribution in [3.05, 3.63) is 29.8 Å². The number of guanidine groups is 1. The fourth-order valence-electron chi connectivity index (χ4n) is 3.52. The average molecular weight is 392 g/mol. The van der Waals surface area contributed by atoms with Gasteiger partial charge in [0, 0.05) is 47.0 Å². The van der Waals surface area contributed by atoms with Gasteiger partial charge in [-0.2, -0.15) is 0 Å². The lowest BCUT2D eigenvalue weighted by Gasteiger charge is -2.34. The van der Waals surface area contributed by atoms with Crippen LogP contribution >= 0.6 is 0 Å². The van der Waals surface area contributed by atoms with Crippen molar-refractivity contribution in [2.24, 2.45) is 4.99 Å². The summed E-state index contributed by atoms with van der Waals surface area (Å²) in [4.78, 5) is 6.81. The van der Waals surface area contributed by atoms with Crippen LogP contribution in [0.3, 0.4) is 0 Å². The van der Waals surface area contributed by atoms with Gasteiger partial charge in [0.1, 0.15) is 5.75 Å². The van der Waals surface area contributed by atoms with E-state index < -0.39 is 0 Å². The van der Waals surface area contributed by atoms with Gasteiger partial charge in [-0.1, -0.05) is 19.1 Å². The lowest BCUT2D eigenvalue weighted by atomic mass is 9.98. The largest absolute Gasteiger partial charge is 0.497 e. The molecule has 0 radical (unpaired) electrons. The smallest absolute Gasteiger partial charge is 0.193 e.